The van der Waals surface area contributed by atoms with E-state index in [2.05, 4.69) is 12.1 Å². The second-order valence-electron chi connectivity index (χ2n) is 2.79. The van der Waals surface area contributed by atoms with Crippen molar-refractivity contribution in [2.45, 2.75) is 12.8 Å². The maximum absolute atomic E-state index is 8.35. The SMILES string of the molecule is O/C=C/C=C/CCc1ccccc1. The van der Waals surface area contributed by atoms with Gasteiger partial charge in [0, 0.05) is 0 Å². The van der Waals surface area contributed by atoms with Crippen LogP contribution in [0.25, 0.3) is 0 Å². The molecule has 13 heavy (non-hydrogen) atoms. The lowest BCUT2D eigenvalue weighted by atomic mass is 10.1. The molecule has 0 saturated heterocycles. The number of aliphatic hydroxyl groups is 1. The van der Waals surface area contributed by atoms with Gasteiger partial charge < -0.3 is 5.11 Å². The van der Waals surface area contributed by atoms with Gasteiger partial charge >= 0.3 is 0 Å². The number of aliphatic hydroxyl groups excluding tert-OH is 1. The zero-order chi connectivity index (χ0) is 9.36. The predicted octanol–water partition coefficient (Wildman–Crippen LogP) is 3.25. The second kappa shape index (κ2) is 6.06. The average Bonchev–Trinajstić information content (AvgIpc) is 2.19. The molecule has 0 bridgehead atoms. The first-order valence-corrected chi connectivity index (χ1v) is 4.43. The van der Waals surface area contributed by atoms with Crippen LogP contribution in [0.1, 0.15) is 12.0 Å². The third kappa shape index (κ3) is 4.16. The van der Waals surface area contributed by atoms with Crippen LogP contribution in [0.15, 0.2) is 54.8 Å². The van der Waals surface area contributed by atoms with Crippen molar-refractivity contribution in [1.82, 2.24) is 0 Å². The quantitative estimate of drug-likeness (QED) is 0.548. The molecule has 0 fully saturated rings. The maximum Gasteiger partial charge on any atom is 0.0791 e. The highest BCUT2D eigenvalue weighted by molar-refractivity contribution is 5.15. The lowest BCUT2D eigenvalue weighted by molar-refractivity contribution is 0.473. The summed E-state index contributed by atoms with van der Waals surface area (Å²) in [6.45, 7) is 0. The Kier molecular flexibility index (Phi) is 4.47. The van der Waals surface area contributed by atoms with E-state index in [-0.39, 0.29) is 0 Å². The highest BCUT2D eigenvalue weighted by Gasteiger charge is 1.86. The summed E-state index contributed by atoms with van der Waals surface area (Å²) in [5, 5.41) is 8.35. The molecule has 0 aliphatic carbocycles. The largest absolute Gasteiger partial charge is 0.516 e. The van der Waals surface area contributed by atoms with Gasteiger partial charge in [-0.25, -0.2) is 0 Å². The molecule has 0 aliphatic heterocycles. The summed E-state index contributed by atoms with van der Waals surface area (Å²) < 4.78 is 0. The first-order chi connectivity index (χ1) is 6.43. The Morgan fingerprint density at radius 2 is 1.85 bits per heavy atom. The zero-order valence-corrected chi connectivity index (χ0v) is 7.56. The molecule has 0 saturated carbocycles. The van der Waals surface area contributed by atoms with Crippen molar-refractivity contribution in [2.24, 2.45) is 0 Å². The van der Waals surface area contributed by atoms with Gasteiger partial charge in [-0.15, -0.1) is 0 Å². The van der Waals surface area contributed by atoms with Crippen LogP contribution in [0.3, 0.4) is 0 Å². The standard InChI is InChI=1S/C12H14O/c13-11-7-2-1-4-8-12-9-5-3-6-10-12/h1-3,5-7,9-11,13H,4,8H2/b2-1+,11-7+. The van der Waals surface area contributed by atoms with Gasteiger partial charge in [0.1, 0.15) is 0 Å². The molecule has 1 nitrogen and oxygen atoms in total. The van der Waals surface area contributed by atoms with E-state index in [0.717, 1.165) is 19.1 Å². The number of hydrogen-bond donors (Lipinski definition) is 1. The van der Waals surface area contributed by atoms with Gasteiger partial charge in [0.15, 0.2) is 0 Å². The summed E-state index contributed by atoms with van der Waals surface area (Å²) in [5.41, 5.74) is 1.35. The Labute approximate surface area is 79.0 Å². The third-order valence-electron chi connectivity index (χ3n) is 1.78. The van der Waals surface area contributed by atoms with Gasteiger partial charge in [-0.2, -0.15) is 0 Å². The fourth-order valence-corrected chi connectivity index (χ4v) is 1.12. The highest BCUT2D eigenvalue weighted by Crippen LogP contribution is 2.02. The zero-order valence-electron chi connectivity index (χ0n) is 7.56. The maximum atomic E-state index is 8.35. The minimum Gasteiger partial charge on any atom is -0.516 e. The Bertz CT molecular complexity index is 272. The van der Waals surface area contributed by atoms with E-state index in [0.29, 0.717) is 0 Å². The molecule has 0 atom stereocenters. The molecule has 0 radical (unpaired) electrons. The van der Waals surface area contributed by atoms with E-state index in [4.69, 9.17) is 5.11 Å². The van der Waals surface area contributed by atoms with E-state index in [1.807, 2.05) is 30.4 Å². The second-order valence-corrected chi connectivity index (χ2v) is 2.79. The number of aryl methyl sites for hydroxylation is 1. The van der Waals surface area contributed by atoms with Crippen LogP contribution in [-0.4, -0.2) is 5.11 Å². The molecule has 1 aromatic rings. The van der Waals surface area contributed by atoms with Gasteiger partial charge in [-0.1, -0.05) is 42.5 Å². The molecule has 0 heterocycles. The topological polar surface area (TPSA) is 20.2 Å². The van der Waals surface area contributed by atoms with Gasteiger partial charge in [-0.05, 0) is 24.5 Å². The van der Waals surface area contributed by atoms with Crippen molar-refractivity contribution < 1.29 is 5.11 Å². The van der Waals surface area contributed by atoms with Crippen LogP contribution >= 0.6 is 0 Å². The van der Waals surface area contributed by atoms with Crippen molar-refractivity contribution in [3.05, 3.63) is 60.4 Å². The first-order valence-electron chi connectivity index (χ1n) is 4.43. The van der Waals surface area contributed by atoms with E-state index >= 15 is 0 Å². The van der Waals surface area contributed by atoms with Crippen LogP contribution in [0.2, 0.25) is 0 Å². The molecule has 0 spiro atoms. The smallest absolute Gasteiger partial charge is 0.0791 e. The summed E-state index contributed by atoms with van der Waals surface area (Å²) in [6.07, 6.45) is 8.61. The highest BCUT2D eigenvalue weighted by atomic mass is 16.2. The van der Waals surface area contributed by atoms with Crippen LogP contribution < -0.4 is 0 Å². The van der Waals surface area contributed by atoms with Gasteiger partial charge in [-0.3, -0.25) is 0 Å². The van der Waals surface area contributed by atoms with Crippen molar-refractivity contribution in [1.29, 1.82) is 0 Å². The summed E-state index contributed by atoms with van der Waals surface area (Å²) in [5.74, 6) is 0. The van der Waals surface area contributed by atoms with Gasteiger partial charge in [0.05, 0.1) is 6.26 Å². The summed E-state index contributed by atoms with van der Waals surface area (Å²) >= 11 is 0. The molecule has 0 unspecified atom stereocenters. The summed E-state index contributed by atoms with van der Waals surface area (Å²) in [7, 11) is 0. The third-order valence-corrected chi connectivity index (χ3v) is 1.78. The number of benzene rings is 1. The van der Waals surface area contributed by atoms with Crippen molar-refractivity contribution in [3.8, 4) is 0 Å². The molecule has 1 aromatic carbocycles. The fraction of sp³-hybridized carbons (Fsp3) is 0.167. The molecule has 0 aromatic heterocycles. The molecule has 0 aliphatic rings. The van der Waals surface area contributed by atoms with E-state index in [9.17, 15) is 0 Å². The summed E-state index contributed by atoms with van der Waals surface area (Å²) in [4.78, 5) is 0. The van der Waals surface area contributed by atoms with E-state index < -0.39 is 0 Å². The normalized spacial score (nSPS) is 11.4. The number of allylic oxidation sites excluding steroid dienone is 3. The van der Waals surface area contributed by atoms with Crippen LogP contribution in [0.5, 0.6) is 0 Å². The molecule has 0 amide bonds. The molecular weight excluding hydrogens is 160 g/mol. The predicted molar refractivity (Wildman–Crippen MR) is 55.7 cm³/mol. The average molecular weight is 174 g/mol. The molecular formula is C12H14O. The monoisotopic (exact) mass is 174 g/mol. The van der Waals surface area contributed by atoms with Gasteiger partial charge in [0.2, 0.25) is 0 Å². The van der Waals surface area contributed by atoms with Crippen LogP contribution in [0, 0.1) is 0 Å². The minimum absolute atomic E-state index is 1.01. The fourth-order valence-electron chi connectivity index (χ4n) is 1.12. The number of rotatable bonds is 4. The molecule has 1 heteroatoms. The summed E-state index contributed by atoms with van der Waals surface area (Å²) in [6, 6.07) is 10.4. The van der Waals surface area contributed by atoms with E-state index in [1.54, 1.807) is 6.08 Å². The molecule has 1 N–H and O–H groups in total. The Hall–Kier alpha value is -1.50. The first kappa shape index (κ1) is 9.59. The lowest BCUT2D eigenvalue weighted by Gasteiger charge is -1.95. The number of hydrogen-bond acceptors (Lipinski definition) is 1. The molecule has 68 valence electrons. The molecule has 1 rings (SSSR count). The van der Waals surface area contributed by atoms with Crippen molar-refractivity contribution in [2.75, 3.05) is 0 Å². The Morgan fingerprint density at radius 1 is 1.08 bits per heavy atom. The van der Waals surface area contributed by atoms with Crippen LogP contribution in [0.4, 0.5) is 0 Å². The Morgan fingerprint density at radius 3 is 2.54 bits per heavy atom. The Balaban J connectivity index is 2.28. The van der Waals surface area contributed by atoms with Crippen LogP contribution in [-0.2, 0) is 6.42 Å². The van der Waals surface area contributed by atoms with Crippen molar-refractivity contribution in [3.63, 3.8) is 0 Å². The van der Waals surface area contributed by atoms with E-state index in [1.165, 1.54) is 5.56 Å². The lowest BCUT2D eigenvalue weighted by Crippen LogP contribution is -1.80. The minimum atomic E-state index is 1.01. The van der Waals surface area contributed by atoms with Gasteiger partial charge in [0.25, 0.3) is 0 Å². The van der Waals surface area contributed by atoms with Crippen molar-refractivity contribution >= 4 is 0 Å².